The van der Waals surface area contributed by atoms with Crippen molar-refractivity contribution in [2.24, 2.45) is 5.10 Å². The Morgan fingerprint density at radius 2 is 1.72 bits per heavy atom. The largest absolute Gasteiger partial charge is 0.484 e. The van der Waals surface area contributed by atoms with Crippen molar-refractivity contribution < 1.29 is 23.5 Å². The van der Waals surface area contributed by atoms with E-state index in [4.69, 9.17) is 13.9 Å². The zero-order valence-electron chi connectivity index (χ0n) is 19.0. The molecule has 0 atom stereocenters. The van der Waals surface area contributed by atoms with E-state index in [0.717, 1.165) is 15.6 Å². The van der Waals surface area contributed by atoms with Gasteiger partial charge in [0.15, 0.2) is 6.61 Å². The van der Waals surface area contributed by atoms with Crippen molar-refractivity contribution in [3.63, 3.8) is 0 Å². The van der Waals surface area contributed by atoms with Crippen LogP contribution in [0.15, 0.2) is 111 Å². The molecule has 0 aliphatic carbocycles. The van der Waals surface area contributed by atoms with E-state index in [1.165, 1.54) is 24.6 Å². The van der Waals surface area contributed by atoms with Gasteiger partial charge in [-0.15, -0.1) is 0 Å². The Morgan fingerprint density at radius 3 is 2.47 bits per heavy atom. The molecule has 4 rings (SSSR count). The number of nitrogens with one attached hydrogen (secondary N) is 1. The standard InChI is InChI=1S/C28H21BrN2O5/c29-23-10-14-26(36-28(33)15-13-24-7-4-16-34-24)22(17-23)18-30-31-27(32)19-35-25-11-8-21(9-12-25)20-5-2-1-3-6-20/h1-18H,19H2,(H,31,32). The molecule has 0 saturated heterocycles. The summed E-state index contributed by atoms with van der Waals surface area (Å²) in [5.41, 5.74) is 5.05. The minimum atomic E-state index is -0.584. The van der Waals surface area contributed by atoms with Gasteiger partial charge in [-0.05, 0) is 59.7 Å². The van der Waals surface area contributed by atoms with Crippen LogP contribution in [0.3, 0.4) is 0 Å². The van der Waals surface area contributed by atoms with Gasteiger partial charge in [-0.1, -0.05) is 58.4 Å². The lowest BCUT2D eigenvalue weighted by molar-refractivity contribution is -0.129. The lowest BCUT2D eigenvalue weighted by Crippen LogP contribution is -2.24. The minimum absolute atomic E-state index is 0.208. The first-order valence-corrected chi connectivity index (χ1v) is 11.7. The summed E-state index contributed by atoms with van der Waals surface area (Å²) in [7, 11) is 0. The Hall–Kier alpha value is -4.43. The number of benzene rings is 3. The molecule has 0 unspecified atom stereocenters. The summed E-state index contributed by atoms with van der Waals surface area (Å²) in [6, 6.07) is 25.9. The quantitative estimate of drug-likeness (QED) is 0.0936. The Kier molecular flexibility index (Phi) is 8.45. The second kappa shape index (κ2) is 12.3. The highest BCUT2D eigenvalue weighted by molar-refractivity contribution is 9.10. The van der Waals surface area contributed by atoms with Gasteiger partial charge in [0.25, 0.3) is 5.91 Å². The zero-order valence-corrected chi connectivity index (χ0v) is 20.6. The fourth-order valence-corrected chi connectivity index (χ4v) is 3.50. The van der Waals surface area contributed by atoms with Crippen molar-refractivity contribution in [2.75, 3.05) is 6.61 Å². The molecule has 0 spiro atoms. The van der Waals surface area contributed by atoms with E-state index in [2.05, 4.69) is 26.5 Å². The number of amides is 1. The SMILES string of the molecule is O=C(COc1ccc(-c2ccccc2)cc1)NN=Cc1cc(Br)ccc1OC(=O)C=Cc1ccco1. The predicted octanol–water partition coefficient (Wildman–Crippen LogP) is 5.86. The average molecular weight is 545 g/mol. The van der Waals surface area contributed by atoms with E-state index in [1.54, 1.807) is 42.5 Å². The fourth-order valence-electron chi connectivity index (χ4n) is 3.12. The van der Waals surface area contributed by atoms with Gasteiger partial charge in [0.05, 0.1) is 12.5 Å². The monoisotopic (exact) mass is 544 g/mol. The molecule has 3 aromatic carbocycles. The predicted molar refractivity (Wildman–Crippen MR) is 141 cm³/mol. The summed E-state index contributed by atoms with van der Waals surface area (Å²) < 4.78 is 16.8. The molecule has 180 valence electrons. The molecule has 8 heteroatoms. The average Bonchev–Trinajstić information content (AvgIpc) is 3.42. The number of halogens is 1. The van der Waals surface area contributed by atoms with Crippen LogP contribution in [-0.2, 0) is 9.59 Å². The molecule has 7 nitrogen and oxygen atoms in total. The summed E-state index contributed by atoms with van der Waals surface area (Å²) >= 11 is 3.38. The van der Waals surface area contributed by atoms with Crippen LogP contribution >= 0.6 is 15.9 Å². The van der Waals surface area contributed by atoms with E-state index >= 15 is 0 Å². The molecule has 0 bridgehead atoms. The Labute approximate surface area is 216 Å². The van der Waals surface area contributed by atoms with Gasteiger partial charge < -0.3 is 13.9 Å². The molecule has 1 N–H and O–H groups in total. The molecule has 36 heavy (non-hydrogen) atoms. The highest BCUT2D eigenvalue weighted by Gasteiger charge is 2.08. The van der Waals surface area contributed by atoms with Crippen LogP contribution < -0.4 is 14.9 Å². The molecule has 1 aromatic heterocycles. The van der Waals surface area contributed by atoms with E-state index in [0.29, 0.717) is 17.1 Å². The number of hydrogen-bond acceptors (Lipinski definition) is 6. The van der Waals surface area contributed by atoms with Gasteiger partial charge in [0.1, 0.15) is 17.3 Å². The summed E-state index contributed by atoms with van der Waals surface area (Å²) in [4.78, 5) is 24.3. The van der Waals surface area contributed by atoms with Crippen molar-refractivity contribution in [3.05, 3.63) is 113 Å². The van der Waals surface area contributed by atoms with Gasteiger partial charge in [0.2, 0.25) is 0 Å². The first-order chi connectivity index (χ1) is 17.6. The van der Waals surface area contributed by atoms with Gasteiger partial charge in [-0.3, -0.25) is 4.79 Å². The van der Waals surface area contributed by atoms with Crippen LogP contribution in [-0.4, -0.2) is 24.7 Å². The highest BCUT2D eigenvalue weighted by Crippen LogP contribution is 2.23. The Morgan fingerprint density at radius 1 is 0.944 bits per heavy atom. The number of nitrogens with zero attached hydrogens (tertiary/aromatic N) is 1. The minimum Gasteiger partial charge on any atom is -0.484 e. The molecular formula is C28H21BrN2O5. The topological polar surface area (TPSA) is 90.1 Å². The summed E-state index contributed by atoms with van der Waals surface area (Å²) in [6.45, 7) is -0.208. The molecule has 0 radical (unpaired) electrons. The number of furan rings is 1. The maximum atomic E-state index is 12.2. The summed E-state index contributed by atoms with van der Waals surface area (Å²) in [6.07, 6.45) is 5.66. The van der Waals surface area contributed by atoms with Crippen LogP contribution in [0.4, 0.5) is 0 Å². The van der Waals surface area contributed by atoms with Crippen molar-refractivity contribution in [1.82, 2.24) is 5.43 Å². The third-order valence-corrected chi connectivity index (χ3v) is 5.33. The van der Waals surface area contributed by atoms with Crippen molar-refractivity contribution in [1.29, 1.82) is 0 Å². The van der Waals surface area contributed by atoms with Crippen LogP contribution in [0.25, 0.3) is 17.2 Å². The number of carbonyl (C=O) groups is 2. The fraction of sp³-hybridized carbons (Fsp3) is 0.0357. The number of hydrazone groups is 1. The molecule has 0 aliphatic heterocycles. The molecule has 0 saturated carbocycles. The second-order valence-corrected chi connectivity index (χ2v) is 8.34. The van der Waals surface area contributed by atoms with Crippen LogP contribution in [0, 0.1) is 0 Å². The smallest absolute Gasteiger partial charge is 0.336 e. The number of carbonyl (C=O) groups excluding carboxylic acids is 2. The third kappa shape index (κ3) is 7.28. The number of esters is 1. The zero-order chi connectivity index (χ0) is 25.2. The van der Waals surface area contributed by atoms with Gasteiger partial charge in [0, 0.05) is 16.1 Å². The van der Waals surface area contributed by atoms with Crippen molar-refractivity contribution in [2.45, 2.75) is 0 Å². The lowest BCUT2D eigenvalue weighted by atomic mass is 10.1. The molecular weight excluding hydrogens is 524 g/mol. The molecule has 1 heterocycles. The second-order valence-electron chi connectivity index (χ2n) is 7.42. The van der Waals surface area contributed by atoms with Gasteiger partial charge >= 0.3 is 5.97 Å². The number of hydrogen-bond donors (Lipinski definition) is 1. The van der Waals surface area contributed by atoms with Crippen LogP contribution in [0.5, 0.6) is 11.5 Å². The molecule has 0 fully saturated rings. The van der Waals surface area contributed by atoms with Crippen molar-refractivity contribution in [3.8, 4) is 22.6 Å². The van der Waals surface area contributed by atoms with Crippen LogP contribution in [0.1, 0.15) is 11.3 Å². The normalized spacial score (nSPS) is 11.0. The Bertz CT molecular complexity index is 1370. The maximum absolute atomic E-state index is 12.2. The van der Waals surface area contributed by atoms with Crippen LogP contribution in [0.2, 0.25) is 0 Å². The molecule has 0 aliphatic rings. The highest BCUT2D eigenvalue weighted by atomic mass is 79.9. The van der Waals surface area contributed by atoms with E-state index < -0.39 is 11.9 Å². The van der Waals surface area contributed by atoms with E-state index in [-0.39, 0.29) is 12.4 Å². The number of rotatable bonds is 9. The first-order valence-electron chi connectivity index (χ1n) is 10.9. The van der Waals surface area contributed by atoms with E-state index in [9.17, 15) is 9.59 Å². The Balaban J connectivity index is 1.30. The third-order valence-electron chi connectivity index (χ3n) is 4.83. The van der Waals surface area contributed by atoms with Gasteiger partial charge in [-0.2, -0.15) is 5.10 Å². The van der Waals surface area contributed by atoms with Crippen molar-refractivity contribution >= 4 is 40.1 Å². The van der Waals surface area contributed by atoms with E-state index in [1.807, 2.05) is 42.5 Å². The summed E-state index contributed by atoms with van der Waals surface area (Å²) in [5.74, 6) is 0.353. The lowest BCUT2D eigenvalue weighted by Gasteiger charge is -2.07. The van der Waals surface area contributed by atoms with Gasteiger partial charge in [-0.25, -0.2) is 10.2 Å². The first kappa shape index (κ1) is 24.7. The molecule has 1 amide bonds. The summed E-state index contributed by atoms with van der Waals surface area (Å²) in [5, 5.41) is 3.95. The number of ether oxygens (including phenoxy) is 2. The molecule has 4 aromatic rings. The maximum Gasteiger partial charge on any atom is 0.336 e.